The van der Waals surface area contributed by atoms with Crippen LogP contribution in [0.3, 0.4) is 0 Å². The third-order valence-corrected chi connectivity index (χ3v) is 3.26. The number of nitrogens with one attached hydrogen (secondary N) is 1. The summed E-state index contributed by atoms with van der Waals surface area (Å²) in [4.78, 5) is 10.3. The number of nitrogens with two attached hydrogens (primary N) is 1. The zero-order valence-corrected chi connectivity index (χ0v) is 11.1. The molecule has 0 radical (unpaired) electrons. The molecule has 5 heteroatoms. The average Bonchev–Trinajstić information content (AvgIpc) is 2.47. The maximum absolute atomic E-state index is 10.7. The van der Waals surface area contributed by atoms with Gasteiger partial charge in [-0.1, -0.05) is 30.3 Å². The van der Waals surface area contributed by atoms with Gasteiger partial charge >= 0.3 is 0 Å². The largest absolute Gasteiger partial charge is 0.393 e. The minimum atomic E-state index is -0.491. The summed E-state index contributed by atoms with van der Waals surface area (Å²) in [5.41, 5.74) is 7.37. The van der Waals surface area contributed by atoms with E-state index in [1.807, 2.05) is 42.5 Å². The summed E-state index contributed by atoms with van der Waals surface area (Å²) in [7, 11) is 0. The van der Waals surface area contributed by atoms with Crippen LogP contribution >= 0.6 is 0 Å². The topological polar surface area (TPSA) is 81.2 Å². The Kier molecular flexibility index (Phi) is 3.16. The van der Waals surface area contributed by atoms with Crippen LogP contribution in [0.4, 0.5) is 22.7 Å². The van der Waals surface area contributed by atoms with Crippen LogP contribution in [0.15, 0.2) is 60.7 Å². The molecule has 0 unspecified atom stereocenters. The molecule has 0 aliphatic heterocycles. The van der Waals surface area contributed by atoms with Gasteiger partial charge in [0.2, 0.25) is 0 Å². The smallest absolute Gasteiger partial charge is 0.292 e. The first-order valence-corrected chi connectivity index (χ1v) is 6.43. The number of nitrogens with zero attached hydrogens (tertiary/aromatic N) is 1. The predicted molar refractivity (Wildman–Crippen MR) is 84.7 cm³/mol. The van der Waals surface area contributed by atoms with Gasteiger partial charge in [-0.2, -0.15) is 0 Å². The minimum Gasteiger partial charge on any atom is -0.393 e. The van der Waals surface area contributed by atoms with Gasteiger partial charge in [-0.3, -0.25) is 10.1 Å². The van der Waals surface area contributed by atoms with Crippen LogP contribution in [-0.2, 0) is 0 Å². The molecule has 0 heterocycles. The first-order chi connectivity index (χ1) is 10.1. The number of anilines is 3. The monoisotopic (exact) mass is 279 g/mol. The Hall–Kier alpha value is -3.08. The van der Waals surface area contributed by atoms with Gasteiger partial charge in [0.1, 0.15) is 5.69 Å². The van der Waals surface area contributed by atoms with Crippen molar-refractivity contribution in [1.29, 1.82) is 0 Å². The SMILES string of the molecule is Nc1cc(Nc2ccc3ccccc3c2)ccc1[N+](=O)[O-]. The Labute approximate surface area is 121 Å². The summed E-state index contributed by atoms with van der Waals surface area (Å²) in [6.45, 7) is 0. The fourth-order valence-electron chi connectivity index (χ4n) is 2.23. The first kappa shape index (κ1) is 12.9. The molecule has 0 aliphatic rings. The minimum absolute atomic E-state index is 0.0842. The number of benzene rings is 3. The highest BCUT2D eigenvalue weighted by atomic mass is 16.6. The Morgan fingerprint density at radius 2 is 1.57 bits per heavy atom. The summed E-state index contributed by atoms with van der Waals surface area (Å²) < 4.78 is 0. The number of rotatable bonds is 3. The average molecular weight is 279 g/mol. The summed E-state index contributed by atoms with van der Waals surface area (Å²) in [6, 6.07) is 18.7. The Morgan fingerprint density at radius 3 is 2.29 bits per heavy atom. The predicted octanol–water partition coefficient (Wildman–Crippen LogP) is 4.07. The molecule has 3 aromatic carbocycles. The van der Waals surface area contributed by atoms with E-state index in [2.05, 4.69) is 5.32 Å². The highest BCUT2D eigenvalue weighted by molar-refractivity contribution is 5.86. The molecule has 5 nitrogen and oxygen atoms in total. The van der Waals surface area contributed by atoms with E-state index in [1.54, 1.807) is 12.1 Å². The van der Waals surface area contributed by atoms with Crippen LogP contribution in [0, 0.1) is 10.1 Å². The number of nitro groups is 1. The van der Waals surface area contributed by atoms with Crippen LogP contribution in [0.2, 0.25) is 0 Å². The fourth-order valence-corrected chi connectivity index (χ4v) is 2.23. The zero-order valence-electron chi connectivity index (χ0n) is 11.1. The van der Waals surface area contributed by atoms with E-state index in [9.17, 15) is 10.1 Å². The van der Waals surface area contributed by atoms with Gasteiger partial charge in [0, 0.05) is 17.4 Å². The van der Waals surface area contributed by atoms with Gasteiger partial charge in [0.05, 0.1) is 4.92 Å². The Bertz CT molecular complexity index is 831. The van der Waals surface area contributed by atoms with Crippen molar-refractivity contribution in [2.24, 2.45) is 0 Å². The van der Waals surface area contributed by atoms with Gasteiger partial charge in [0.25, 0.3) is 5.69 Å². The van der Waals surface area contributed by atoms with Crippen molar-refractivity contribution in [2.45, 2.75) is 0 Å². The first-order valence-electron chi connectivity index (χ1n) is 6.43. The number of nitrogen functional groups attached to an aromatic ring is 1. The second kappa shape index (κ2) is 5.13. The normalized spacial score (nSPS) is 10.5. The van der Waals surface area contributed by atoms with Gasteiger partial charge in [0.15, 0.2) is 0 Å². The molecule has 0 amide bonds. The van der Waals surface area contributed by atoms with Crippen LogP contribution in [0.5, 0.6) is 0 Å². The van der Waals surface area contributed by atoms with Gasteiger partial charge in [-0.15, -0.1) is 0 Å². The lowest BCUT2D eigenvalue weighted by molar-refractivity contribution is -0.383. The molecular formula is C16H13N3O2. The van der Waals surface area contributed by atoms with Gasteiger partial charge in [-0.25, -0.2) is 0 Å². The lowest BCUT2D eigenvalue weighted by atomic mass is 10.1. The molecular weight excluding hydrogens is 266 g/mol. The molecule has 0 aliphatic carbocycles. The molecule has 0 spiro atoms. The maximum atomic E-state index is 10.7. The summed E-state index contributed by atoms with van der Waals surface area (Å²) in [5.74, 6) is 0. The van der Waals surface area contributed by atoms with Crippen LogP contribution in [-0.4, -0.2) is 4.92 Å². The van der Waals surface area contributed by atoms with E-state index in [1.165, 1.54) is 6.07 Å². The van der Waals surface area contributed by atoms with Crippen molar-refractivity contribution in [3.8, 4) is 0 Å². The molecule has 3 aromatic rings. The lowest BCUT2D eigenvalue weighted by Crippen LogP contribution is -1.97. The van der Waals surface area contributed by atoms with Crippen molar-refractivity contribution >= 4 is 33.5 Å². The van der Waals surface area contributed by atoms with Gasteiger partial charge < -0.3 is 11.1 Å². The van der Waals surface area contributed by atoms with E-state index >= 15 is 0 Å². The Morgan fingerprint density at radius 1 is 0.905 bits per heavy atom. The molecule has 3 N–H and O–H groups in total. The van der Waals surface area contributed by atoms with Crippen LogP contribution < -0.4 is 11.1 Å². The number of nitro benzene ring substituents is 1. The second-order valence-corrected chi connectivity index (χ2v) is 4.72. The van der Waals surface area contributed by atoms with Crippen LogP contribution in [0.25, 0.3) is 10.8 Å². The summed E-state index contributed by atoms with van der Waals surface area (Å²) in [6.07, 6.45) is 0. The van der Waals surface area contributed by atoms with Crippen molar-refractivity contribution in [3.63, 3.8) is 0 Å². The quantitative estimate of drug-likeness (QED) is 0.430. The number of hydrogen-bond acceptors (Lipinski definition) is 4. The van der Waals surface area contributed by atoms with E-state index in [4.69, 9.17) is 5.73 Å². The molecule has 21 heavy (non-hydrogen) atoms. The molecule has 104 valence electrons. The lowest BCUT2D eigenvalue weighted by Gasteiger charge is -2.08. The highest BCUT2D eigenvalue weighted by Crippen LogP contribution is 2.27. The van der Waals surface area contributed by atoms with Crippen molar-refractivity contribution in [3.05, 3.63) is 70.8 Å². The van der Waals surface area contributed by atoms with Gasteiger partial charge in [-0.05, 0) is 35.0 Å². The second-order valence-electron chi connectivity index (χ2n) is 4.72. The molecule has 0 atom stereocenters. The summed E-state index contributed by atoms with van der Waals surface area (Å²) >= 11 is 0. The molecule has 0 aromatic heterocycles. The van der Waals surface area contributed by atoms with Crippen molar-refractivity contribution in [1.82, 2.24) is 0 Å². The van der Waals surface area contributed by atoms with E-state index < -0.39 is 4.92 Å². The third-order valence-electron chi connectivity index (χ3n) is 3.26. The maximum Gasteiger partial charge on any atom is 0.292 e. The molecule has 0 fully saturated rings. The fraction of sp³-hybridized carbons (Fsp3) is 0. The molecule has 0 saturated carbocycles. The molecule has 3 rings (SSSR count). The van der Waals surface area contributed by atoms with E-state index in [-0.39, 0.29) is 11.4 Å². The molecule has 0 bridgehead atoms. The zero-order chi connectivity index (χ0) is 14.8. The molecule has 0 saturated heterocycles. The summed E-state index contributed by atoms with van der Waals surface area (Å²) in [5, 5.41) is 16.2. The van der Waals surface area contributed by atoms with E-state index in [0.29, 0.717) is 5.69 Å². The standard InChI is InChI=1S/C16H13N3O2/c17-15-10-14(7-8-16(15)19(20)21)18-13-6-5-11-3-1-2-4-12(11)9-13/h1-10,18H,17H2. The number of hydrogen-bond donors (Lipinski definition) is 2. The van der Waals surface area contributed by atoms with E-state index in [0.717, 1.165) is 16.5 Å². The third kappa shape index (κ3) is 2.62. The van der Waals surface area contributed by atoms with Crippen molar-refractivity contribution < 1.29 is 4.92 Å². The number of fused-ring (bicyclic) bond motifs is 1. The Balaban J connectivity index is 1.91. The highest BCUT2D eigenvalue weighted by Gasteiger charge is 2.11. The van der Waals surface area contributed by atoms with Crippen molar-refractivity contribution in [2.75, 3.05) is 11.1 Å². The van der Waals surface area contributed by atoms with Crippen LogP contribution in [0.1, 0.15) is 0 Å².